The number of ketones is 1. The summed E-state index contributed by atoms with van der Waals surface area (Å²) in [5.41, 5.74) is 1.44. The Hall–Kier alpha value is -3.28. The van der Waals surface area contributed by atoms with Gasteiger partial charge in [-0.05, 0) is 61.7 Å². The Bertz CT molecular complexity index is 960. The molecule has 1 atom stereocenters. The van der Waals surface area contributed by atoms with Gasteiger partial charge in [-0.15, -0.1) is 0 Å². The zero-order valence-corrected chi connectivity index (χ0v) is 18.4. The van der Waals surface area contributed by atoms with Crippen LogP contribution in [0.4, 0.5) is 5.69 Å². The van der Waals surface area contributed by atoms with E-state index in [1.54, 1.807) is 36.4 Å². The lowest BCUT2D eigenvalue weighted by molar-refractivity contribution is -0.118. The van der Waals surface area contributed by atoms with Crippen LogP contribution in [0.2, 0.25) is 0 Å². The van der Waals surface area contributed by atoms with E-state index in [0.717, 1.165) is 5.56 Å². The van der Waals surface area contributed by atoms with Crippen LogP contribution in [0, 0.1) is 5.92 Å². The molecule has 0 saturated carbocycles. The van der Waals surface area contributed by atoms with E-state index in [2.05, 4.69) is 0 Å². The van der Waals surface area contributed by atoms with Gasteiger partial charge in [0.25, 0.3) is 5.91 Å². The minimum Gasteiger partial charge on any atom is -0.503 e. The lowest BCUT2D eigenvalue weighted by atomic mass is 9.92. The second-order valence-corrected chi connectivity index (χ2v) is 7.79. The number of amides is 1. The fraction of sp³-hybridized carbons (Fsp3) is 0.360. The molecule has 2 aromatic rings. The SMILES string of the molecule is CCOc1ccc(C2C(C(=O)CC(C)C)=C(O)C(=O)N2c2ccc(OCC)cc2)cc1. The number of hydrogen-bond donors (Lipinski definition) is 1. The lowest BCUT2D eigenvalue weighted by Gasteiger charge is -2.27. The first-order chi connectivity index (χ1) is 14.9. The van der Waals surface area contributed by atoms with E-state index in [-0.39, 0.29) is 23.7 Å². The van der Waals surface area contributed by atoms with Crippen LogP contribution in [-0.2, 0) is 9.59 Å². The lowest BCUT2D eigenvalue weighted by Crippen LogP contribution is -2.31. The Kier molecular flexibility index (Phi) is 7.00. The molecule has 0 fully saturated rings. The summed E-state index contributed by atoms with van der Waals surface area (Å²) in [4.78, 5) is 27.6. The molecular weight excluding hydrogens is 394 g/mol. The van der Waals surface area contributed by atoms with Crippen LogP contribution in [0.1, 0.15) is 45.7 Å². The average molecular weight is 424 g/mol. The van der Waals surface area contributed by atoms with Crippen LogP contribution in [0.25, 0.3) is 0 Å². The quantitative estimate of drug-likeness (QED) is 0.614. The third-order valence-electron chi connectivity index (χ3n) is 5.03. The Balaban J connectivity index is 2.06. The van der Waals surface area contributed by atoms with Crippen molar-refractivity contribution in [1.82, 2.24) is 0 Å². The number of Topliss-reactive ketones (excluding diaryl/α,β-unsaturated/α-hetero) is 1. The molecule has 164 valence electrons. The molecular formula is C25H29NO5. The molecule has 0 aromatic heterocycles. The number of aliphatic hydroxyl groups is 1. The second kappa shape index (κ2) is 9.69. The molecule has 2 aromatic carbocycles. The number of nitrogens with zero attached hydrogens (tertiary/aromatic N) is 1. The summed E-state index contributed by atoms with van der Waals surface area (Å²) in [5.74, 6) is 0.181. The fourth-order valence-electron chi connectivity index (χ4n) is 3.74. The Morgan fingerprint density at radius 3 is 1.97 bits per heavy atom. The maximum atomic E-state index is 13.1. The minimum absolute atomic E-state index is 0.100. The van der Waals surface area contributed by atoms with Gasteiger partial charge in [-0.2, -0.15) is 0 Å². The van der Waals surface area contributed by atoms with Gasteiger partial charge >= 0.3 is 0 Å². The molecule has 0 aliphatic carbocycles. The van der Waals surface area contributed by atoms with Gasteiger partial charge in [-0.25, -0.2) is 0 Å². The van der Waals surface area contributed by atoms with Crippen molar-refractivity contribution < 1.29 is 24.2 Å². The first-order valence-corrected chi connectivity index (χ1v) is 10.6. The van der Waals surface area contributed by atoms with Crippen LogP contribution in [0.3, 0.4) is 0 Å². The third kappa shape index (κ3) is 4.74. The van der Waals surface area contributed by atoms with Gasteiger partial charge in [0.15, 0.2) is 11.5 Å². The molecule has 6 nitrogen and oxygen atoms in total. The van der Waals surface area contributed by atoms with Gasteiger partial charge in [-0.1, -0.05) is 26.0 Å². The van der Waals surface area contributed by atoms with Crippen molar-refractivity contribution in [2.24, 2.45) is 5.92 Å². The average Bonchev–Trinajstić information content (AvgIpc) is 3.00. The molecule has 1 aliphatic heterocycles. The fourth-order valence-corrected chi connectivity index (χ4v) is 3.74. The van der Waals surface area contributed by atoms with E-state index in [0.29, 0.717) is 30.4 Å². The van der Waals surface area contributed by atoms with Crippen molar-refractivity contribution >= 4 is 17.4 Å². The first kappa shape index (κ1) is 22.4. The standard InChI is InChI=1S/C25H29NO5/c1-5-30-19-11-7-17(8-12-19)23-22(21(27)15-16(3)4)24(28)25(29)26(23)18-9-13-20(14-10-18)31-6-2/h7-14,16,23,28H,5-6,15H2,1-4H3. The van der Waals surface area contributed by atoms with Crippen LogP contribution in [0.5, 0.6) is 11.5 Å². The zero-order valence-electron chi connectivity index (χ0n) is 18.4. The van der Waals surface area contributed by atoms with Crippen molar-refractivity contribution in [3.05, 3.63) is 65.4 Å². The van der Waals surface area contributed by atoms with E-state index in [4.69, 9.17) is 9.47 Å². The summed E-state index contributed by atoms with van der Waals surface area (Å²) < 4.78 is 11.0. The summed E-state index contributed by atoms with van der Waals surface area (Å²) in [7, 11) is 0. The summed E-state index contributed by atoms with van der Waals surface area (Å²) in [6.45, 7) is 8.74. The summed E-state index contributed by atoms with van der Waals surface area (Å²) in [6, 6.07) is 13.6. The molecule has 0 saturated heterocycles. The molecule has 3 rings (SSSR count). The summed E-state index contributed by atoms with van der Waals surface area (Å²) in [6.07, 6.45) is 0.247. The number of benzene rings is 2. The van der Waals surface area contributed by atoms with Gasteiger partial charge in [-0.3, -0.25) is 14.5 Å². The molecule has 0 bridgehead atoms. The monoisotopic (exact) mass is 423 g/mol. The second-order valence-electron chi connectivity index (χ2n) is 7.79. The van der Waals surface area contributed by atoms with E-state index in [1.807, 2.05) is 39.8 Å². The minimum atomic E-state index is -0.715. The molecule has 31 heavy (non-hydrogen) atoms. The Labute approximate surface area is 183 Å². The smallest absolute Gasteiger partial charge is 0.294 e. The van der Waals surface area contributed by atoms with Gasteiger partial charge in [0.2, 0.25) is 0 Å². The topological polar surface area (TPSA) is 76.1 Å². The summed E-state index contributed by atoms with van der Waals surface area (Å²) in [5, 5.41) is 10.7. The van der Waals surface area contributed by atoms with E-state index >= 15 is 0 Å². The summed E-state index contributed by atoms with van der Waals surface area (Å²) >= 11 is 0. The number of carbonyl (C=O) groups excluding carboxylic acids is 2. The number of ether oxygens (including phenoxy) is 2. The number of aliphatic hydroxyl groups excluding tert-OH is 1. The third-order valence-corrected chi connectivity index (χ3v) is 5.03. The highest BCUT2D eigenvalue weighted by molar-refractivity contribution is 6.16. The van der Waals surface area contributed by atoms with Gasteiger partial charge < -0.3 is 14.6 Å². The van der Waals surface area contributed by atoms with Crippen LogP contribution < -0.4 is 14.4 Å². The van der Waals surface area contributed by atoms with Crippen LogP contribution >= 0.6 is 0 Å². The first-order valence-electron chi connectivity index (χ1n) is 10.6. The number of carbonyl (C=O) groups is 2. The molecule has 6 heteroatoms. The van der Waals surface area contributed by atoms with Gasteiger partial charge in [0.05, 0.1) is 24.8 Å². The Morgan fingerprint density at radius 1 is 0.968 bits per heavy atom. The number of rotatable bonds is 9. The zero-order chi connectivity index (χ0) is 22.5. The van der Waals surface area contributed by atoms with E-state index in [9.17, 15) is 14.7 Å². The predicted molar refractivity (Wildman–Crippen MR) is 120 cm³/mol. The highest BCUT2D eigenvalue weighted by atomic mass is 16.5. The Morgan fingerprint density at radius 2 is 1.48 bits per heavy atom. The van der Waals surface area contributed by atoms with Gasteiger partial charge in [0.1, 0.15) is 11.5 Å². The normalized spacial score (nSPS) is 16.2. The maximum absolute atomic E-state index is 13.1. The van der Waals surface area contributed by atoms with E-state index < -0.39 is 17.7 Å². The van der Waals surface area contributed by atoms with Crippen molar-refractivity contribution in [1.29, 1.82) is 0 Å². The number of hydrogen-bond acceptors (Lipinski definition) is 5. The number of anilines is 1. The highest BCUT2D eigenvalue weighted by Crippen LogP contribution is 2.42. The van der Waals surface area contributed by atoms with Crippen molar-refractivity contribution in [3.63, 3.8) is 0 Å². The molecule has 1 amide bonds. The molecule has 1 heterocycles. The molecule has 1 N–H and O–H groups in total. The van der Waals surface area contributed by atoms with Crippen molar-refractivity contribution in [2.45, 2.75) is 40.2 Å². The van der Waals surface area contributed by atoms with Gasteiger partial charge in [0, 0.05) is 12.1 Å². The van der Waals surface area contributed by atoms with Crippen LogP contribution in [0.15, 0.2) is 59.9 Å². The predicted octanol–water partition coefficient (Wildman–Crippen LogP) is 5.00. The van der Waals surface area contributed by atoms with Crippen LogP contribution in [-0.4, -0.2) is 30.0 Å². The van der Waals surface area contributed by atoms with E-state index in [1.165, 1.54) is 4.90 Å². The largest absolute Gasteiger partial charge is 0.503 e. The molecule has 0 spiro atoms. The molecule has 1 unspecified atom stereocenters. The highest BCUT2D eigenvalue weighted by Gasteiger charge is 2.44. The van der Waals surface area contributed by atoms with Crippen molar-refractivity contribution in [3.8, 4) is 11.5 Å². The molecule has 0 radical (unpaired) electrons. The maximum Gasteiger partial charge on any atom is 0.294 e. The van der Waals surface area contributed by atoms with Crippen molar-refractivity contribution in [2.75, 3.05) is 18.1 Å². The molecule has 1 aliphatic rings.